The molecule has 2 aromatic rings. The highest BCUT2D eigenvalue weighted by Crippen LogP contribution is 2.41. The fraction of sp³-hybridized carbons (Fsp3) is 0.300. The number of non-ortho nitro benzene ring substituents is 1. The molecule has 0 radical (unpaired) electrons. The van der Waals surface area contributed by atoms with E-state index in [0.717, 1.165) is 18.4 Å². The van der Waals surface area contributed by atoms with Crippen molar-refractivity contribution in [3.8, 4) is 5.69 Å². The number of nitrogens with zero attached hydrogens (tertiary/aromatic N) is 5. The predicted molar refractivity (Wildman–Crippen MR) is 57.8 cm³/mol. The molecule has 7 heteroatoms. The second kappa shape index (κ2) is 3.62. The van der Waals surface area contributed by atoms with Gasteiger partial charge in [0, 0.05) is 12.1 Å². The van der Waals surface area contributed by atoms with E-state index in [0.29, 0.717) is 11.6 Å². The van der Waals surface area contributed by atoms with Gasteiger partial charge in [0.2, 0.25) is 0 Å². The first-order chi connectivity index (χ1) is 8.24. The van der Waals surface area contributed by atoms with Crippen LogP contribution in [0.4, 0.5) is 5.69 Å². The highest BCUT2D eigenvalue weighted by molar-refractivity contribution is 5.48. The number of aromatic nitrogens is 4. The molecule has 1 aliphatic carbocycles. The molecule has 1 aromatic heterocycles. The van der Waals surface area contributed by atoms with Gasteiger partial charge in [-0.1, -0.05) is 0 Å². The zero-order valence-electron chi connectivity index (χ0n) is 8.85. The van der Waals surface area contributed by atoms with Crippen LogP contribution in [0.3, 0.4) is 0 Å². The molecule has 0 bridgehead atoms. The third kappa shape index (κ3) is 1.86. The first-order valence-electron chi connectivity index (χ1n) is 5.27. The van der Waals surface area contributed by atoms with Gasteiger partial charge in [0.1, 0.15) is 6.33 Å². The Balaban J connectivity index is 2.11. The molecule has 0 atom stereocenters. The summed E-state index contributed by atoms with van der Waals surface area (Å²) in [5, 5.41) is 21.7. The van der Waals surface area contributed by atoms with E-state index < -0.39 is 0 Å². The topological polar surface area (TPSA) is 86.7 Å². The maximum atomic E-state index is 10.9. The van der Waals surface area contributed by atoms with E-state index in [1.54, 1.807) is 6.07 Å². The maximum absolute atomic E-state index is 10.9. The van der Waals surface area contributed by atoms with Gasteiger partial charge in [0.25, 0.3) is 5.69 Å². The summed E-state index contributed by atoms with van der Waals surface area (Å²) in [7, 11) is 0. The Labute approximate surface area is 96.2 Å². The van der Waals surface area contributed by atoms with Crippen molar-refractivity contribution < 1.29 is 4.92 Å². The van der Waals surface area contributed by atoms with Gasteiger partial charge in [-0.3, -0.25) is 10.1 Å². The van der Waals surface area contributed by atoms with Gasteiger partial charge in [-0.05, 0) is 40.8 Å². The smallest absolute Gasteiger partial charge is 0.258 e. The number of hydrogen-bond acceptors (Lipinski definition) is 5. The summed E-state index contributed by atoms with van der Waals surface area (Å²) in [5.74, 6) is 0.449. The van der Waals surface area contributed by atoms with E-state index in [4.69, 9.17) is 0 Å². The SMILES string of the molecule is O=[N+]([O-])c1cc(C2CC2)cc(-n2cnnn2)c1. The Morgan fingerprint density at radius 2 is 2.18 bits per heavy atom. The summed E-state index contributed by atoms with van der Waals surface area (Å²) in [6, 6.07) is 5.01. The van der Waals surface area contributed by atoms with Crippen molar-refractivity contribution in [2.75, 3.05) is 0 Å². The molecule has 0 amide bonds. The monoisotopic (exact) mass is 231 g/mol. The van der Waals surface area contributed by atoms with E-state index in [1.807, 2.05) is 6.07 Å². The van der Waals surface area contributed by atoms with Crippen molar-refractivity contribution in [2.45, 2.75) is 18.8 Å². The van der Waals surface area contributed by atoms with Gasteiger partial charge in [-0.15, -0.1) is 5.10 Å². The fourth-order valence-corrected chi connectivity index (χ4v) is 1.79. The van der Waals surface area contributed by atoms with E-state index in [9.17, 15) is 10.1 Å². The minimum absolute atomic E-state index is 0.0832. The molecule has 17 heavy (non-hydrogen) atoms. The molecule has 7 nitrogen and oxygen atoms in total. The summed E-state index contributed by atoms with van der Waals surface area (Å²) < 4.78 is 1.43. The lowest BCUT2D eigenvalue weighted by molar-refractivity contribution is -0.384. The Hall–Kier alpha value is -2.31. The molecule has 0 N–H and O–H groups in total. The van der Waals surface area contributed by atoms with Crippen LogP contribution in [0.5, 0.6) is 0 Å². The lowest BCUT2D eigenvalue weighted by Crippen LogP contribution is -1.99. The zero-order valence-corrected chi connectivity index (χ0v) is 8.85. The summed E-state index contributed by atoms with van der Waals surface area (Å²) in [5.41, 5.74) is 1.70. The van der Waals surface area contributed by atoms with Crippen LogP contribution in [0.1, 0.15) is 24.3 Å². The van der Waals surface area contributed by atoms with Crippen LogP contribution in [0, 0.1) is 10.1 Å². The first kappa shape index (κ1) is 9.88. The molecule has 0 unspecified atom stereocenters. The average Bonchev–Trinajstić information content (AvgIpc) is 3.04. The Bertz CT molecular complexity index is 562. The minimum Gasteiger partial charge on any atom is -0.258 e. The van der Waals surface area contributed by atoms with Crippen molar-refractivity contribution in [3.05, 3.63) is 40.2 Å². The summed E-state index contributed by atoms with van der Waals surface area (Å²) >= 11 is 0. The first-order valence-corrected chi connectivity index (χ1v) is 5.27. The van der Waals surface area contributed by atoms with Crippen molar-refractivity contribution >= 4 is 5.69 Å². The normalized spacial score (nSPS) is 14.8. The number of nitro benzene ring substituents is 1. The molecule has 86 valence electrons. The molecule has 0 spiro atoms. The summed E-state index contributed by atoms with van der Waals surface area (Å²) in [6.07, 6.45) is 3.61. The molecule has 0 aliphatic heterocycles. The van der Waals surface area contributed by atoms with Gasteiger partial charge < -0.3 is 0 Å². The molecule has 0 saturated heterocycles. The van der Waals surface area contributed by atoms with Crippen molar-refractivity contribution in [1.82, 2.24) is 20.2 Å². The van der Waals surface area contributed by atoms with Crippen LogP contribution in [0.25, 0.3) is 5.69 Å². The number of rotatable bonds is 3. The standard InChI is InChI=1S/C10H9N5O2/c16-15(17)10-4-8(7-1-2-7)3-9(5-10)14-6-11-12-13-14/h3-7H,1-2H2. The van der Waals surface area contributed by atoms with Crippen molar-refractivity contribution in [3.63, 3.8) is 0 Å². The molecule has 1 fully saturated rings. The number of nitro groups is 1. The molecule has 1 heterocycles. The fourth-order valence-electron chi connectivity index (χ4n) is 1.79. The van der Waals surface area contributed by atoms with Crippen LogP contribution >= 0.6 is 0 Å². The number of hydrogen-bond donors (Lipinski definition) is 0. The van der Waals surface area contributed by atoms with E-state index >= 15 is 0 Å². The van der Waals surface area contributed by atoms with Crippen LogP contribution < -0.4 is 0 Å². The van der Waals surface area contributed by atoms with Gasteiger partial charge in [0.05, 0.1) is 10.6 Å². The Morgan fingerprint density at radius 1 is 1.35 bits per heavy atom. The Morgan fingerprint density at radius 3 is 2.76 bits per heavy atom. The highest BCUT2D eigenvalue weighted by Gasteiger charge is 2.26. The third-order valence-corrected chi connectivity index (χ3v) is 2.80. The van der Waals surface area contributed by atoms with Crippen LogP contribution in [-0.4, -0.2) is 25.1 Å². The zero-order chi connectivity index (χ0) is 11.8. The molecule has 3 rings (SSSR count). The van der Waals surface area contributed by atoms with Crippen molar-refractivity contribution in [2.24, 2.45) is 0 Å². The van der Waals surface area contributed by atoms with Crippen molar-refractivity contribution in [1.29, 1.82) is 0 Å². The molecular weight excluding hydrogens is 222 g/mol. The van der Waals surface area contributed by atoms with E-state index in [2.05, 4.69) is 15.5 Å². The molecule has 1 aromatic carbocycles. The lowest BCUT2D eigenvalue weighted by Gasteiger charge is -2.03. The highest BCUT2D eigenvalue weighted by atomic mass is 16.6. The van der Waals surface area contributed by atoms with Crippen LogP contribution in [-0.2, 0) is 0 Å². The van der Waals surface area contributed by atoms with Crippen LogP contribution in [0.15, 0.2) is 24.5 Å². The van der Waals surface area contributed by atoms with E-state index in [1.165, 1.54) is 17.1 Å². The molecule has 1 saturated carbocycles. The third-order valence-electron chi connectivity index (χ3n) is 2.80. The molecular formula is C10H9N5O2. The summed E-state index contributed by atoms with van der Waals surface area (Å²) in [4.78, 5) is 10.5. The largest absolute Gasteiger partial charge is 0.271 e. The minimum atomic E-state index is -0.389. The Kier molecular flexibility index (Phi) is 2.10. The van der Waals surface area contributed by atoms with Gasteiger partial charge in [0.15, 0.2) is 0 Å². The van der Waals surface area contributed by atoms with Gasteiger partial charge >= 0.3 is 0 Å². The second-order valence-corrected chi connectivity index (χ2v) is 4.07. The summed E-state index contributed by atoms with van der Waals surface area (Å²) in [6.45, 7) is 0. The van der Waals surface area contributed by atoms with Crippen LogP contribution in [0.2, 0.25) is 0 Å². The maximum Gasteiger partial charge on any atom is 0.271 e. The quantitative estimate of drug-likeness (QED) is 0.589. The molecule has 1 aliphatic rings. The van der Waals surface area contributed by atoms with Gasteiger partial charge in [-0.25, -0.2) is 4.68 Å². The second-order valence-electron chi connectivity index (χ2n) is 4.07. The number of tetrazole rings is 1. The lowest BCUT2D eigenvalue weighted by atomic mass is 10.1. The average molecular weight is 231 g/mol. The van der Waals surface area contributed by atoms with E-state index in [-0.39, 0.29) is 10.6 Å². The predicted octanol–water partition coefficient (Wildman–Crippen LogP) is 1.45. The van der Waals surface area contributed by atoms with Gasteiger partial charge in [-0.2, -0.15) is 0 Å². The number of benzene rings is 1.